The maximum Gasteiger partial charge on any atom is 0.118 e. The third-order valence-corrected chi connectivity index (χ3v) is 5.09. The molecular formula is C15H20INO2. The van der Waals surface area contributed by atoms with Crippen LogP contribution in [0.2, 0.25) is 0 Å². The zero-order valence-electron chi connectivity index (χ0n) is 11.2. The van der Waals surface area contributed by atoms with Crippen molar-refractivity contribution in [2.75, 3.05) is 20.2 Å². The van der Waals surface area contributed by atoms with Crippen LogP contribution in [0.4, 0.5) is 0 Å². The Hall–Kier alpha value is -0.330. The minimum atomic E-state index is 0.466. The maximum atomic E-state index is 6.21. The highest BCUT2D eigenvalue weighted by Crippen LogP contribution is 2.40. The molecule has 0 spiro atoms. The zero-order valence-corrected chi connectivity index (χ0v) is 13.4. The summed E-state index contributed by atoms with van der Waals surface area (Å²) in [5.41, 5.74) is 1.23. The molecule has 1 aromatic rings. The maximum absolute atomic E-state index is 6.21. The van der Waals surface area contributed by atoms with E-state index in [1.807, 2.05) is 12.1 Å². The number of piperidine rings is 1. The SMILES string of the molecule is COc1ccc(COC2[C@@H]3CC[C@H]2CN(I)C3)cc1. The highest BCUT2D eigenvalue weighted by molar-refractivity contribution is 14.1. The number of halogens is 1. The van der Waals surface area contributed by atoms with Crippen LogP contribution in [0, 0.1) is 11.8 Å². The van der Waals surface area contributed by atoms with Gasteiger partial charge < -0.3 is 9.47 Å². The summed E-state index contributed by atoms with van der Waals surface area (Å²) in [6, 6.07) is 8.18. The summed E-state index contributed by atoms with van der Waals surface area (Å²) in [4.78, 5) is 0. The fraction of sp³-hybridized carbons (Fsp3) is 0.600. The standard InChI is InChI=1S/C15H20INO2/c1-18-14-6-2-11(3-7-14)10-19-15-12-4-5-13(15)9-17(16)8-12/h2-3,6-7,12-13,15H,4-5,8-10H2,1H3/t12-,13+,15?. The second-order valence-electron chi connectivity index (χ2n) is 5.55. The lowest BCUT2D eigenvalue weighted by Gasteiger charge is -2.34. The quantitative estimate of drug-likeness (QED) is 0.597. The van der Waals surface area contributed by atoms with Crippen LogP contribution in [-0.4, -0.2) is 29.4 Å². The second-order valence-corrected chi connectivity index (χ2v) is 6.91. The zero-order chi connectivity index (χ0) is 13.2. The smallest absolute Gasteiger partial charge is 0.118 e. The molecule has 2 bridgehead atoms. The Labute approximate surface area is 128 Å². The summed E-state index contributed by atoms with van der Waals surface area (Å²) >= 11 is 2.45. The number of methoxy groups -OCH3 is 1. The first kappa shape index (κ1) is 13.6. The van der Waals surface area contributed by atoms with E-state index in [-0.39, 0.29) is 0 Å². The molecule has 1 saturated carbocycles. The van der Waals surface area contributed by atoms with Crippen LogP contribution in [0.25, 0.3) is 0 Å². The minimum Gasteiger partial charge on any atom is -0.497 e. The van der Waals surface area contributed by atoms with E-state index < -0.39 is 0 Å². The summed E-state index contributed by atoms with van der Waals surface area (Å²) in [5.74, 6) is 2.37. The van der Waals surface area contributed by atoms with Crippen molar-refractivity contribution >= 4 is 22.9 Å². The van der Waals surface area contributed by atoms with E-state index in [1.54, 1.807) is 7.11 Å². The molecule has 104 valence electrons. The lowest BCUT2D eigenvalue weighted by molar-refractivity contribution is -0.0328. The first-order chi connectivity index (χ1) is 9.26. The topological polar surface area (TPSA) is 21.7 Å². The van der Waals surface area contributed by atoms with Gasteiger partial charge in [-0.25, -0.2) is 3.11 Å². The van der Waals surface area contributed by atoms with Crippen LogP contribution in [0.3, 0.4) is 0 Å². The van der Waals surface area contributed by atoms with Gasteiger partial charge in [0.05, 0.1) is 19.8 Å². The predicted octanol–water partition coefficient (Wildman–Crippen LogP) is 3.27. The third kappa shape index (κ3) is 3.06. The molecule has 0 amide bonds. The average Bonchev–Trinajstić information content (AvgIpc) is 2.67. The molecule has 1 heterocycles. The molecule has 3 atom stereocenters. The van der Waals surface area contributed by atoms with Gasteiger partial charge in [-0.3, -0.25) is 0 Å². The molecule has 1 aromatic carbocycles. The fourth-order valence-corrected chi connectivity index (χ4v) is 4.31. The molecule has 2 fully saturated rings. The molecule has 1 aliphatic heterocycles. The van der Waals surface area contributed by atoms with Gasteiger partial charge in [0, 0.05) is 36.0 Å². The Kier molecular flexibility index (Phi) is 4.29. The van der Waals surface area contributed by atoms with Gasteiger partial charge in [-0.15, -0.1) is 0 Å². The number of ether oxygens (including phenoxy) is 2. The number of benzene rings is 1. The van der Waals surface area contributed by atoms with Gasteiger partial charge in [-0.2, -0.15) is 0 Å². The second kappa shape index (κ2) is 5.97. The molecule has 1 unspecified atom stereocenters. The van der Waals surface area contributed by atoms with Gasteiger partial charge >= 0.3 is 0 Å². The molecule has 2 aliphatic rings. The van der Waals surface area contributed by atoms with Crippen LogP contribution in [0.1, 0.15) is 18.4 Å². The lowest BCUT2D eigenvalue weighted by atomic mass is 9.96. The summed E-state index contributed by atoms with van der Waals surface area (Å²) < 4.78 is 13.8. The number of hydrogen-bond donors (Lipinski definition) is 0. The first-order valence-electron chi connectivity index (χ1n) is 6.91. The van der Waals surface area contributed by atoms with Gasteiger partial charge in [0.1, 0.15) is 5.75 Å². The van der Waals surface area contributed by atoms with Crippen molar-refractivity contribution in [2.24, 2.45) is 11.8 Å². The Morgan fingerprint density at radius 1 is 1.16 bits per heavy atom. The molecule has 4 heteroatoms. The van der Waals surface area contributed by atoms with E-state index >= 15 is 0 Å². The van der Waals surface area contributed by atoms with E-state index in [0.717, 1.165) is 24.2 Å². The molecule has 1 saturated heterocycles. The van der Waals surface area contributed by atoms with Crippen LogP contribution >= 0.6 is 22.9 Å². The van der Waals surface area contributed by atoms with Crippen molar-refractivity contribution in [1.82, 2.24) is 3.11 Å². The Balaban J connectivity index is 1.57. The molecule has 0 radical (unpaired) electrons. The van der Waals surface area contributed by atoms with Crippen molar-refractivity contribution in [1.29, 1.82) is 0 Å². The Bertz CT molecular complexity index is 409. The average molecular weight is 373 g/mol. The lowest BCUT2D eigenvalue weighted by Crippen LogP contribution is -2.41. The van der Waals surface area contributed by atoms with E-state index in [9.17, 15) is 0 Å². The Morgan fingerprint density at radius 3 is 2.37 bits per heavy atom. The Morgan fingerprint density at radius 2 is 1.79 bits per heavy atom. The fourth-order valence-electron chi connectivity index (χ4n) is 3.30. The highest BCUT2D eigenvalue weighted by Gasteiger charge is 2.42. The van der Waals surface area contributed by atoms with Crippen LogP contribution in [0.15, 0.2) is 24.3 Å². The molecule has 1 aliphatic carbocycles. The largest absolute Gasteiger partial charge is 0.497 e. The van der Waals surface area contributed by atoms with Gasteiger partial charge in [-0.05, 0) is 42.4 Å². The molecule has 3 rings (SSSR count). The van der Waals surface area contributed by atoms with Gasteiger partial charge in [-0.1, -0.05) is 12.1 Å². The van der Waals surface area contributed by atoms with E-state index in [2.05, 4.69) is 38.1 Å². The molecule has 0 aromatic heterocycles. The van der Waals surface area contributed by atoms with Crippen LogP contribution in [-0.2, 0) is 11.3 Å². The monoisotopic (exact) mass is 373 g/mol. The minimum absolute atomic E-state index is 0.466. The van der Waals surface area contributed by atoms with Crippen molar-refractivity contribution in [2.45, 2.75) is 25.6 Å². The predicted molar refractivity (Wildman–Crippen MR) is 83.4 cm³/mol. The normalized spacial score (nSPS) is 30.5. The van der Waals surface area contributed by atoms with Crippen molar-refractivity contribution in [3.63, 3.8) is 0 Å². The summed E-state index contributed by atoms with van der Waals surface area (Å²) in [7, 11) is 1.70. The van der Waals surface area contributed by atoms with Crippen molar-refractivity contribution in [3.05, 3.63) is 29.8 Å². The number of hydrogen-bond acceptors (Lipinski definition) is 3. The van der Waals surface area contributed by atoms with E-state index in [1.165, 1.54) is 31.5 Å². The first-order valence-corrected chi connectivity index (χ1v) is 7.88. The van der Waals surface area contributed by atoms with Crippen molar-refractivity contribution < 1.29 is 9.47 Å². The molecular weight excluding hydrogens is 353 g/mol. The number of rotatable bonds is 4. The van der Waals surface area contributed by atoms with Gasteiger partial charge in [0.25, 0.3) is 0 Å². The van der Waals surface area contributed by atoms with Gasteiger partial charge in [0.2, 0.25) is 0 Å². The summed E-state index contributed by atoms with van der Waals surface area (Å²) in [6.07, 6.45) is 3.13. The van der Waals surface area contributed by atoms with E-state index in [0.29, 0.717) is 6.10 Å². The number of nitrogens with zero attached hydrogens (tertiary/aromatic N) is 1. The number of fused-ring (bicyclic) bond motifs is 2. The van der Waals surface area contributed by atoms with Crippen molar-refractivity contribution in [3.8, 4) is 5.75 Å². The molecule has 0 N–H and O–H groups in total. The highest BCUT2D eigenvalue weighted by atomic mass is 127. The summed E-state index contributed by atoms with van der Waals surface area (Å²) in [6.45, 7) is 3.09. The summed E-state index contributed by atoms with van der Waals surface area (Å²) in [5, 5.41) is 0. The van der Waals surface area contributed by atoms with Crippen LogP contribution < -0.4 is 4.74 Å². The van der Waals surface area contributed by atoms with E-state index in [4.69, 9.17) is 9.47 Å². The third-order valence-electron chi connectivity index (χ3n) is 4.30. The van der Waals surface area contributed by atoms with Gasteiger partial charge in [0.15, 0.2) is 0 Å². The molecule has 3 nitrogen and oxygen atoms in total. The van der Waals surface area contributed by atoms with Crippen LogP contribution in [0.5, 0.6) is 5.75 Å². The molecule has 19 heavy (non-hydrogen) atoms.